The number of aliphatic hydroxyl groups is 1. The maximum atomic E-state index is 11.2. The lowest BCUT2D eigenvalue weighted by Gasteiger charge is -2.62. The summed E-state index contributed by atoms with van der Waals surface area (Å²) in [6.07, 6.45) is 12.5. The summed E-state index contributed by atoms with van der Waals surface area (Å²) in [7, 11) is 0. The third kappa shape index (κ3) is 3.07. The molecule has 0 aromatic carbocycles. The third-order valence-corrected chi connectivity index (χ3v) is 10.2. The normalized spacial score (nSPS) is 50.4. The number of aliphatic carboxylic acids is 1. The van der Waals surface area contributed by atoms with Crippen LogP contribution in [-0.4, -0.2) is 22.3 Å². The molecule has 0 bridgehead atoms. The van der Waals surface area contributed by atoms with Gasteiger partial charge in [0.1, 0.15) is 0 Å². The van der Waals surface area contributed by atoms with Crippen LogP contribution in [0.15, 0.2) is 0 Å². The van der Waals surface area contributed by atoms with Crippen molar-refractivity contribution in [3.8, 4) is 0 Å². The number of carboxylic acids is 1. The summed E-state index contributed by atoms with van der Waals surface area (Å²) < 4.78 is 0. The van der Waals surface area contributed by atoms with Gasteiger partial charge < -0.3 is 10.2 Å². The van der Waals surface area contributed by atoms with Gasteiger partial charge in [0.15, 0.2) is 0 Å². The summed E-state index contributed by atoms with van der Waals surface area (Å²) in [5, 5.41) is 20.3. The number of fused-ring (bicyclic) bond motifs is 5. The zero-order valence-corrected chi connectivity index (χ0v) is 17.6. The van der Waals surface area contributed by atoms with E-state index < -0.39 is 5.97 Å². The Bertz CT molecular complexity index is 574. The van der Waals surface area contributed by atoms with Gasteiger partial charge in [-0.2, -0.15) is 0 Å². The Morgan fingerprint density at radius 1 is 1.04 bits per heavy atom. The molecule has 0 radical (unpaired) electrons. The van der Waals surface area contributed by atoms with Gasteiger partial charge in [-0.15, -0.1) is 0 Å². The fourth-order valence-electron chi connectivity index (χ4n) is 8.78. The minimum absolute atomic E-state index is 0.108. The third-order valence-electron chi connectivity index (χ3n) is 10.2. The maximum Gasteiger partial charge on any atom is 0.303 e. The van der Waals surface area contributed by atoms with Crippen molar-refractivity contribution in [2.45, 2.75) is 97.5 Å². The Labute approximate surface area is 165 Å². The number of hydrogen-bond donors (Lipinski definition) is 2. The van der Waals surface area contributed by atoms with Crippen LogP contribution in [-0.2, 0) is 4.79 Å². The largest absolute Gasteiger partial charge is 0.481 e. The second-order valence-corrected chi connectivity index (χ2v) is 11.2. The highest BCUT2D eigenvalue weighted by molar-refractivity contribution is 5.66. The van der Waals surface area contributed by atoms with E-state index in [0.717, 1.165) is 18.8 Å². The van der Waals surface area contributed by atoms with E-state index in [1.54, 1.807) is 0 Å². The molecule has 0 saturated heterocycles. The lowest BCUT2D eigenvalue weighted by Crippen LogP contribution is -2.57. The van der Waals surface area contributed by atoms with Crippen LogP contribution in [0.3, 0.4) is 0 Å². The van der Waals surface area contributed by atoms with Crippen LogP contribution in [0.1, 0.15) is 91.4 Å². The molecule has 3 heteroatoms. The summed E-state index contributed by atoms with van der Waals surface area (Å²) >= 11 is 0. The number of aliphatic hydroxyl groups excluding tert-OH is 1. The van der Waals surface area contributed by atoms with E-state index in [1.807, 2.05) is 0 Å². The summed E-state index contributed by atoms with van der Waals surface area (Å²) in [6.45, 7) is 7.33. The highest BCUT2D eigenvalue weighted by Gasteiger charge is 2.62. The molecule has 2 N–H and O–H groups in total. The average Bonchev–Trinajstić information content (AvgIpc) is 2.97. The van der Waals surface area contributed by atoms with Gasteiger partial charge in [-0.3, -0.25) is 4.79 Å². The van der Waals surface area contributed by atoms with Gasteiger partial charge in [0.05, 0.1) is 6.10 Å². The molecule has 0 aromatic heterocycles. The molecule has 9 atom stereocenters. The topological polar surface area (TPSA) is 57.5 Å². The van der Waals surface area contributed by atoms with Gasteiger partial charge in [-0.25, -0.2) is 0 Å². The quantitative estimate of drug-likeness (QED) is 0.680. The predicted octanol–water partition coefficient (Wildman–Crippen LogP) is 5.51. The van der Waals surface area contributed by atoms with E-state index in [0.29, 0.717) is 46.8 Å². The Morgan fingerprint density at radius 2 is 1.78 bits per heavy atom. The van der Waals surface area contributed by atoms with Crippen LogP contribution in [0, 0.1) is 46.3 Å². The fourth-order valence-corrected chi connectivity index (χ4v) is 8.78. The molecule has 5 unspecified atom stereocenters. The van der Waals surface area contributed by atoms with Crippen LogP contribution < -0.4 is 0 Å². The first-order chi connectivity index (χ1) is 12.8. The number of carbonyl (C=O) groups is 1. The fraction of sp³-hybridized carbons (Fsp3) is 0.958. The second kappa shape index (κ2) is 7.04. The Hall–Kier alpha value is -0.570. The molecule has 4 rings (SSSR count). The molecule has 154 valence electrons. The number of hydrogen-bond acceptors (Lipinski definition) is 2. The van der Waals surface area contributed by atoms with Crippen LogP contribution in [0.25, 0.3) is 0 Å². The van der Waals surface area contributed by atoms with Crippen molar-refractivity contribution in [3.63, 3.8) is 0 Å². The molecule has 0 amide bonds. The van der Waals surface area contributed by atoms with Gasteiger partial charge in [-0.05, 0) is 97.7 Å². The molecule has 4 fully saturated rings. The Kier molecular flexibility index (Phi) is 5.15. The number of rotatable bonds is 4. The van der Waals surface area contributed by atoms with Crippen LogP contribution >= 0.6 is 0 Å². The van der Waals surface area contributed by atoms with Crippen molar-refractivity contribution in [2.24, 2.45) is 46.3 Å². The van der Waals surface area contributed by atoms with Gasteiger partial charge in [0, 0.05) is 6.42 Å². The zero-order chi connectivity index (χ0) is 19.4. The smallest absolute Gasteiger partial charge is 0.303 e. The minimum Gasteiger partial charge on any atom is -0.481 e. The second-order valence-electron chi connectivity index (χ2n) is 11.2. The van der Waals surface area contributed by atoms with Crippen molar-refractivity contribution in [2.75, 3.05) is 0 Å². The molecule has 0 aromatic rings. The molecule has 4 aliphatic rings. The maximum absolute atomic E-state index is 11.2. The monoisotopic (exact) mass is 376 g/mol. The van der Waals surface area contributed by atoms with Crippen molar-refractivity contribution >= 4 is 5.97 Å². The van der Waals surface area contributed by atoms with Gasteiger partial charge in [0.2, 0.25) is 0 Å². The van der Waals surface area contributed by atoms with Crippen LogP contribution in [0.5, 0.6) is 0 Å². The molecule has 3 nitrogen and oxygen atoms in total. The van der Waals surface area contributed by atoms with E-state index >= 15 is 0 Å². The van der Waals surface area contributed by atoms with Gasteiger partial charge >= 0.3 is 5.97 Å². The molecule has 4 saturated carbocycles. The van der Waals surface area contributed by atoms with E-state index in [4.69, 9.17) is 5.11 Å². The van der Waals surface area contributed by atoms with Gasteiger partial charge in [0.25, 0.3) is 0 Å². The Balaban J connectivity index is 1.56. The van der Waals surface area contributed by atoms with Crippen LogP contribution in [0.2, 0.25) is 0 Å². The zero-order valence-electron chi connectivity index (χ0n) is 17.6. The Morgan fingerprint density at radius 3 is 2.52 bits per heavy atom. The van der Waals surface area contributed by atoms with E-state index in [2.05, 4.69) is 20.8 Å². The summed E-state index contributed by atoms with van der Waals surface area (Å²) in [6, 6.07) is 0. The van der Waals surface area contributed by atoms with E-state index in [-0.39, 0.29) is 6.10 Å². The molecule has 0 heterocycles. The molecule has 0 spiro atoms. The highest BCUT2D eigenvalue weighted by Crippen LogP contribution is 2.68. The van der Waals surface area contributed by atoms with Crippen molar-refractivity contribution < 1.29 is 15.0 Å². The first kappa shape index (κ1) is 19.7. The van der Waals surface area contributed by atoms with E-state index in [9.17, 15) is 9.90 Å². The average molecular weight is 377 g/mol. The minimum atomic E-state index is -0.663. The van der Waals surface area contributed by atoms with E-state index in [1.165, 1.54) is 51.4 Å². The van der Waals surface area contributed by atoms with Crippen LogP contribution in [0.4, 0.5) is 0 Å². The standard InChI is InChI=1S/C24H40O3/c1-15(7-10-21(26)27)17-8-9-18-22-19(11-13-24(17,18)3)23(2)12-5-4-6-16(23)14-20(22)25/h15-20,22,25H,4-14H2,1-3H3,(H,26,27)/t15?,16-,17?,18?,19?,20-,22?,23-,24+/m0/s1. The van der Waals surface area contributed by atoms with Crippen molar-refractivity contribution in [1.82, 2.24) is 0 Å². The molecule has 0 aliphatic heterocycles. The predicted molar refractivity (Wildman–Crippen MR) is 107 cm³/mol. The first-order valence-corrected chi connectivity index (χ1v) is 11.7. The first-order valence-electron chi connectivity index (χ1n) is 11.7. The van der Waals surface area contributed by atoms with Gasteiger partial charge in [-0.1, -0.05) is 33.6 Å². The van der Waals surface area contributed by atoms with Crippen molar-refractivity contribution in [3.05, 3.63) is 0 Å². The summed E-state index contributed by atoms with van der Waals surface area (Å²) in [5.74, 6) is 3.02. The van der Waals surface area contributed by atoms with Crippen molar-refractivity contribution in [1.29, 1.82) is 0 Å². The summed E-state index contributed by atoms with van der Waals surface area (Å²) in [5.41, 5.74) is 0.758. The molecule has 27 heavy (non-hydrogen) atoms. The molecular formula is C24H40O3. The molecular weight excluding hydrogens is 336 g/mol. The summed E-state index contributed by atoms with van der Waals surface area (Å²) in [4.78, 5) is 11.0. The highest BCUT2D eigenvalue weighted by atomic mass is 16.4. The molecule has 4 aliphatic carbocycles. The number of carboxylic acid groups (broad SMARTS) is 1. The SMILES string of the molecule is CC(CCC(=O)O)C1CCC2C3C(CC[C@]12C)[C@@]1(C)CCCC[C@H]1C[C@@H]3O. The lowest BCUT2D eigenvalue weighted by atomic mass is 9.44. The lowest BCUT2D eigenvalue weighted by molar-refractivity contribution is -0.164.